The van der Waals surface area contributed by atoms with Gasteiger partial charge in [0.25, 0.3) is 5.56 Å². The number of hydrogen-bond donors (Lipinski definition) is 0. The highest BCUT2D eigenvalue weighted by Crippen LogP contribution is 2.58. The predicted octanol–water partition coefficient (Wildman–Crippen LogP) is -15.4. The third-order valence-corrected chi connectivity index (χ3v) is 13.9. The lowest BCUT2D eigenvalue weighted by Crippen LogP contribution is -2.82. The fraction of sp³-hybridized carbons (Fsp3) is 0.361. The van der Waals surface area contributed by atoms with E-state index in [4.69, 9.17) is 220 Å². The number of benzene rings is 3. The highest BCUT2D eigenvalue weighted by atomic mass is 32.2. The summed E-state index contributed by atoms with van der Waals surface area (Å²) in [7, 11) is 179. The van der Waals surface area contributed by atoms with Gasteiger partial charge in [-0.1, -0.05) is 118 Å². The lowest BCUT2D eigenvalue weighted by atomic mass is 9.20. The van der Waals surface area contributed by atoms with Crippen molar-refractivity contribution >= 4 is 303 Å². The molecule has 0 aliphatic heterocycles. The molecular weight excluding hydrogens is 931 g/mol. The van der Waals surface area contributed by atoms with E-state index in [9.17, 15) is 22.4 Å². The van der Waals surface area contributed by atoms with Gasteiger partial charge in [0.05, 0.1) is 110 Å². The quantitative estimate of drug-likeness (QED) is 0.0578. The van der Waals surface area contributed by atoms with Crippen LogP contribution in [0.5, 0.6) is 0 Å². The van der Waals surface area contributed by atoms with Gasteiger partial charge in [-0.15, -0.1) is 5.21 Å². The number of hydrogen-bond acceptors (Lipinski definition) is 5. The van der Waals surface area contributed by atoms with E-state index in [0.717, 1.165) is 13.8 Å². The number of alkyl halides is 3. The Morgan fingerprint density at radius 3 is 1.36 bits per heavy atom. The van der Waals surface area contributed by atoms with Crippen LogP contribution in [0.4, 0.5) is 17.6 Å². The molecule has 1 aliphatic rings. The standard InChI is InChI=1S/C36H10B28F4N4O2S/c1-28(49,50)72(29(2,51)52)36(63,64)35(61,62)70(3-5-11(37)15(41)7(16(42)12(5)38)8-17(43)19(45)9(33(66,67)68)20(46)18(8)44)26(74)32(57,58)71-24-10(30(53,54)34(59,60)31(24,55)56)25(73)69-27(71)75-4-6-13(39)21(47)23(65)22(48)14(6)40/h3-4H2,1-2H3. The maximum absolute atomic E-state index is 15.9. The van der Waals surface area contributed by atoms with Gasteiger partial charge >= 0.3 is 6.18 Å². The second-order valence-corrected chi connectivity index (χ2v) is 19.6. The first-order chi connectivity index (χ1) is 33.5. The molecule has 0 atom stereocenters. The van der Waals surface area contributed by atoms with Crippen LogP contribution < -0.4 is 71.1 Å². The lowest BCUT2D eigenvalue weighted by molar-refractivity contribution is -0.138. The van der Waals surface area contributed by atoms with Crippen molar-refractivity contribution in [1.29, 1.82) is 0 Å². The monoisotopic (exact) mass is 946 g/mol. The van der Waals surface area contributed by atoms with Gasteiger partial charge in [0, 0.05) is 34.5 Å². The van der Waals surface area contributed by atoms with Gasteiger partial charge in [0.1, 0.15) is 116 Å². The topological polar surface area (TPSA) is 58.4 Å². The van der Waals surface area contributed by atoms with E-state index in [0.29, 0.717) is 21.2 Å². The van der Waals surface area contributed by atoms with Gasteiger partial charge in [-0.05, 0) is 27.4 Å². The van der Waals surface area contributed by atoms with Crippen LogP contribution in [0.2, 0.25) is 5.21 Å². The molecule has 0 saturated carbocycles. The normalized spacial score (nSPS) is 15.7. The van der Waals surface area contributed by atoms with E-state index in [1.165, 1.54) is 0 Å². The largest absolute Gasteiger partial charge is 0.415 e. The number of rotatable bonds is 13. The van der Waals surface area contributed by atoms with E-state index in [-0.39, 0.29) is 10.5 Å². The number of thioether (sulfide) groups is 1. The zero-order valence-corrected chi connectivity index (χ0v) is 40.9. The summed E-state index contributed by atoms with van der Waals surface area (Å²) in [6, 6.07) is 0. The lowest BCUT2D eigenvalue weighted by Gasteiger charge is -2.66. The first-order valence-corrected chi connectivity index (χ1v) is 22.0. The molecule has 0 fully saturated rings. The van der Waals surface area contributed by atoms with Crippen molar-refractivity contribution < 1.29 is 22.4 Å². The van der Waals surface area contributed by atoms with Crippen LogP contribution in [0.3, 0.4) is 0 Å². The van der Waals surface area contributed by atoms with Crippen molar-refractivity contribution in [2.75, 3.05) is 0 Å². The number of nitrogens with zero attached hydrogens (tertiary/aromatic N) is 4. The Morgan fingerprint density at radius 2 is 0.973 bits per heavy atom. The molecule has 56 radical (unpaired) electrons. The molecule has 75 heavy (non-hydrogen) atoms. The first kappa shape index (κ1) is 63.7. The summed E-state index contributed by atoms with van der Waals surface area (Å²) < 4.78 is 57.7. The highest BCUT2D eigenvalue weighted by molar-refractivity contribution is 7.98. The average molecular weight is 941 g/mol. The van der Waals surface area contributed by atoms with Crippen molar-refractivity contribution in [2.45, 2.75) is 79.8 Å². The molecule has 1 amide bonds. The van der Waals surface area contributed by atoms with Crippen molar-refractivity contribution in [3.05, 3.63) is 44.1 Å². The summed E-state index contributed by atoms with van der Waals surface area (Å²) in [5, 5.41) is -23.7. The minimum atomic E-state index is -5.17. The van der Waals surface area contributed by atoms with Crippen molar-refractivity contribution in [1.82, 2.24) is 19.4 Å². The number of carbonyl (C=O) groups is 1. The molecule has 6 nitrogen and oxygen atoms in total. The van der Waals surface area contributed by atoms with Crippen molar-refractivity contribution in [3.63, 3.8) is 0 Å². The molecule has 0 saturated heterocycles. The molecule has 0 bridgehead atoms. The van der Waals surface area contributed by atoms with E-state index in [2.05, 4.69) is 4.98 Å². The van der Waals surface area contributed by atoms with Crippen LogP contribution in [0.1, 0.15) is 41.8 Å². The van der Waals surface area contributed by atoms with Gasteiger partial charge in [-0.3, -0.25) is 9.59 Å². The van der Waals surface area contributed by atoms with Crippen LogP contribution in [0, 0.1) is 5.82 Å². The van der Waals surface area contributed by atoms with Gasteiger partial charge in [0.2, 0.25) is 5.91 Å². The molecule has 39 heteroatoms. The minimum absolute atomic E-state index is 0.164. The maximum Gasteiger partial charge on any atom is 0.415 e. The number of amides is 1. The minimum Gasteiger partial charge on any atom is -0.349 e. The Kier molecular flexibility index (Phi) is 17.1. The highest BCUT2D eigenvalue weighted by Gasteiger charge is 2.59. The molecule has 1 heterocycles. The van der Waals surface area contributed by atoms with Crippen LogP contribution >= 0.6 is 11.8 Å². The van der Waals surface area contributed by atoms with Crippen LogP contribution in [0.25, 0.3) is 11.1 Å². The number of carbonyl (C=O) groups excluding carboxylic acids is 1. The summed E-state index contributed by atoms with van der Waals surface area (Å²) in [5.41, 5.74) is -15.1. The van der Waals surface area contributed by atoms with E-state index in [1.807, 2.05) is 0 Å². The molecule has 4 aromatic rings. The number of halogens is 4. The molecule has 0 unspecified atom stereocenters. The second kappa shape index (κ2) is 20.1. The predicted molar refractivity (Wildman–Crippen MR) is 317 cm³/mol. The molecule has 304 valence electrons. The van der Waals surface area contributed by atoms with E-state index >= 15 is 4.79 Å². The Morgan fingerprint density at radius 1 is 0.587 bits per heavy atom. The molecule has 5 rings (SSSR count). The summed E-state index contributed by atoms with van der Waals surface area (Å²) in [6.07, 6.45) is -5.17. The molecular formula is C36H10B28F4N4O2S. The average Bonchev–Trinajstić information content (AvgIpc) is 3.35. The Bertz CT molecular complexity index is 3020. The zero-order chi connectivity index (χ0) is 58.3. The van der Waals surface area contributed by atoms with Crippen LogP contribution in [-0.4, -0.2) is 266 Å². The smallest absolute Gasteiger partial charge is 0.349 e. The molecule has 1 aromatic heterocycles. The molecule has 3 aromatic carbocycles. The second-order valence-electron chi connectivity index (χ2n) is 18.7. The van der Waals surface area contributed by atoms with Gasteiger partial charge < -0.3 is 14.4 Å². The summed E-state index contributed by atoms with van der Waals surface area (Å²) in [5.74, 6) is -3.54. The van der Waals surface area contributed by atoms with Gasteiger partial charge in [-0.2, -0.15) is 18.2 Å². The summed E-state index contributed by atoms with van der Waals surface area (Å²) in [6.45, 7) is 0.892. The summed E-state index contributed by atoms with van der Waals surface area (Å²) >= 11 is 0.426. The Labute approximate surface area is 476 Å². The van der Waals surface area contributed by atoms with E-state index < -0.39 is 182 Å². The zero-order valence-electron chi connectivity index (χ0n) is 40.1. The fourth-order valence-electron chi connectivity index (χ4n) is 8.88. The molecule has 0 spiro atoms. The SMILES string of the molecule is [B]c1c([B])c(CSc2nc(=O)c3c(n2C([B])([B])C(=O)N(Cc2c([B])c([B])c(-c4c([B])c([B])c(C(F)(F)F)c([B])c4[B])c([B])c2[B])C([B])([B])C([B])([B])N(C([B])([B])C)C([B])([B])C)C([B])([B])C([B])([B])C3([B])[B])c([B])c([B])c1F. The van der Waals surface area contributed by atoms with E-state index in [1.54, 1.807) is 0 Å². The van der Waals surface area contributed by atoms with Crippen molar-refractivity contribution in [2.24, 2.45) is 0 Å². The van der Waals surface area contributed by atoms with Crippen LogP contribution in [-0.2, 0) is 39.0 Å². The third kappa shape index (κ3) is 9.94. The van der Waals surface area contributed by atoms with Crippen LogP contribution in [0.15, 0.2) is 9.95 Å². The first-order valence-electron chi connectivity index (χ1n) is 21.0. The fourth-order valence-corrected chi connectivity index (χ4v) is 9.98. The molecule has 0 N–H and O–H groups in total. The van der Waals surface area contributed by atoms with Gasteiger partial charge in [0.15, 0.2) is 5.16 Å². The number of fused-ring (bicyclic) bond motifs is 1. The Hall–Kier alpha value is -2.14. The Balaban J connectivity index is 1.92. The third-order valence-electron chi connectivity index (χ3n) is 12.9. The number of aromatic nitrogens is 2. The molecule has 1 aliphatic carbocycles. The van der Waals surface area contributed by atoms with Crippen molar-refractivity contribution in [3.8, 4) is 11.1 Å². The summed E-state index contributed by atoms with van der Waals surface area (Å²) in [4.78, 5) is 34.9. The van der Waals surface area contributed by atoms with Gasteiger partial charge in [-0.25, -0.2) is 4.39 Å². The maximum atomic E-state index is 15.9.